The van der Waals surface area contributed by atoms with Gasteiger partial charge >= 0.3 is 39.5 Å². The quantitative estimate of drug-likeness (QED) is 0.0222. The molecule has 0 rings (SSSR count). The summed E-state index contributed by atoms with van der Waals surface area (Å²) in [6.07, 6.45) is 68.0. The number of aliphatic hydroxyl groups is 1. The third-order valence-corrected chi connectivity index (χ3v) is 21.8. The van der Waals surface area contributed by atoms with Gasteiger partial charge in [-0.2, -0.15) is 0 Å². The zero-order valence-electron chi connectivity index (χ0n) is 66.8. The summed E-state index contributed by atoms with van der Waals surface area (Å²) >= 11 is 0. The van der Waals surface area contributed by atoms with Crippen LogP contribution in [0.2, 0.25) is 0 Å². The van der Waals surface area contributed by atoms with Crippen LogP contribution in [0.5, 0.6) is 0 Å². The Hall–Kier alpha value is -1.94. The minimum absolute atomic E-state index is 0.108. The summed E-state index contributed by atoms with van der Waals surface area (Å²) in [4.78, 5) is 73.0. The van der Waals surface area contributed by atoms with Crippen molar-refractivity contribution in [3.8, 4) is 0 Å². The summed E-state index contributed by atoms with van der Waals surface area (Å²) in [5.41, 5.74) is 0. The number of ether oxygens (including phenoxy) is 4. The van der Waals surface area contributed by atoms with E-state index in [9.17, 15) is 43.2 Å². The van der Waals surface area contributed by atoms with E-state index in [1.807, 2.05) is 0 Å². The largest absolute Gasteiger partial charge is 0.472 e. The van der Waals surface area contributed by atoms with Gasteiger partial charge in [0, 0.05) is 25.7 Å². The molecule has 19 heteroatoms. The Morgan fingerprint density at radius 1 is 0.275 bits per heavy atom. The van der Waals surface area contributed by atoms with Crippen molar-refractivity contribution in [1.29, 1.82) is 0 Å². The molecule has 0 aromatic heterocycles. The molecule has 0 radical (unpaired) electrons. The van der Waals surface area contributed by atoms with Crippen LogP contribution in [0, 0.1) is 5.92 Å². The van der Waals surface area contributed by atoms with Gasteiger partial charge in [0.15, 0.2) is 12.2 Å². The van der Waals surface area contributed by atoms with Crippen LogP contribution in [0.1, 0.15) is 446 Å². The van der Waals surface area contributed by atoms with Crippen molar-refractivity contribution in [2.45, 2.75) is 464 Å². The van der Waals surface area contributed by atoms with Crippen LogP contribution >= 0.6 is 15.6 Å². The molecule has 0 bridgehead atoms. The average molecular weight is 1490 g/mol. The molecule has 0 aromatic rings. The van der Waals surface area contributed by atoms with Crippen LogP contribution in [0.25, 0.3) is 0 Å². The number of phosphoric acid groups is 2. The predicted octanol–water partition coefficient (Wildman–Crippen LogP) is 25.2. The summed E-state index contributed by atoms with van der Waals surface area (Å²) in [6.45, 7) is 7.40. The van der Waals surface area contributed by atoms with Crippen LogP contribution < -0.4 is 0 Å². The number of unbranched alkanes of at least 4 members (excludes halogenated alkanes) is 54. The molecule has 17 nitrogen and oxygen atoms in total. The highest BCUT2D eigenvalue weighted by Gasteiger charge is 2.30. The zero-order valence-corrected chi connectivity index (χ0v) is 68.5. The molecule has 0 aliphatic carbocycles. The fourth-order valence-electron chi connectivity index (χ4n) is 12.9. The van der Waals surface area contributed by atoms with E-state index in [-0.39, 0.29) is 25.7 Å². The maximum atomic E-state index is 13.1. The number of hydrogen-bond acceptors (Lipinski definition) is 15. The molecule has 0 aliphatic rings. The van der Waals surface area contributed by atoms with E-state index in [2.05, 4.69) is 34.6 Å². The lowest BCUT2D eigenvalue weighted by Gasteiger charge is -2.21. The number of carbonyl (C=O) groups excluding carboxylic acids is 4. The standard InChI is InChI=1S/C83H162O17P2/c1-6-10-13-16-19-22-25-27-28-29-33-36-39-43-47-52-57-62-67-81(86)94-73-79(100-83(88)69-64-59-54-49-44-40-37-34-31-30-32-35-38-41-45-50-55-60-65-76(5)9-4)75-98-102(91,92)96-71-77(84)70-95-101(89,90)97-74-78(72-93-80(85)66-61-56-51-46-24-21-18-15-12-8-3)99-82(87)68-63-58-53-48-42-26-23-20-17-14-11-7-2/h76-79,84H,6-75H2,1-5H3,(H,89,90)(H,91,92)/t76?,77-,78+,79+/m0/s1. The number of hydrogen-bond donors (Lipinski definition) is 3. The normalized spacial score (nSPS) is 14.1. The van der Waals surface area contributed by atoms with E-state index in [4.69, 9.17) is 37.0 Å². The first-order chi connectivity index (χ1) is 49.6. The number of phosphoric ester groups is 2. The summed E-state index contributed by atoms with van der Waals surface area (Å²) < 4.78 is 68.7. The first-order valence-electron chi connectivity index (χ1n) is 43.2. The number of carbonyl (C=O) groups is 4. The van der Waals surface area contributed by atoms with Gasteiger partial charge < -0.3 is 33.8 Å². The Morgan fingerprint density at radius 2 is 0.471 bits per heavy atom. The van der Waals surface area contributed by atoms with Gasteiger partial charge in [-0.1, -0.05) is 394 Å². The summed E-state index contributed by atoms with van der Waals surface area (Å²) in [7, 11) is -9.92. The minimum atomic E-state index is -4.96. The topological polar surface area (TPSA) is 237 Å². The highest BCUT2D eigenvalue weighted by Crippen LogP contribution is 2.45. The molecule has 6 atom stereocenters. The van der Waals surface area contributed by atoms with E-state index in [0.29, 0.717) is 25.7 Å². The van der Waals surface area contributed by atoms with Gasteiger partial charge in [0.05, 0.1) is 26.4 Å². The van der Waals surface area contributed by atoms with Gasteiger partial charge in [0.25, 0.3) is 0 Å². The van der Waals surface area contributed by atoms with Crippen molar-refractivity contribution >= 4 is 39.5 Å². The van der Waals surface area contributed by atoms with Crippen LogP contribution in [0.4, 0.5) is 0 Å². The molecule has 0 spiro atoms. The summed E-state index contributed by atoms with van der Waals surface area (Å²) in [5.74, 6) is -1.23. The summed E-state index contributed by atoms with van der Waals surface area (Å²) in [5, 5.41) is 10.6. The SMILES string of the molecule is CCCCCCCCCCCCCCCCCCCCC(=O)OC[C@H](COP(=O)(O)OC[C@@H](O)COP(=O)(O)OC[C@@H](COC(=O)CCCCCCCCCCCC)OC(=O)CCCCCCCCCCCCCC)OC(=O)CCCCCCCCCCCCCCCCCCCCC(C)CC. The zero-order chi connectivity index (χ0) is 74.8. The highest BCUT2D eigenvalue weighted by molar-refractivity contribution is 7.47. The molecule has 3 unspecified atom stereocenters. The van der Waals surface area contributed by atoms with E-state index in [1.54, 1.807) is 0 Å². The number of aliphatic hydroxyl groups excluding tert-OH is 1. The van der Waals surface area contributed by atoms with Gasteiger partial charge in [-0.3, -0.25) is 37.3 Å². The van der Waals surface area contributed by atoms with Crippen molar-refractivity contribution in [2.24, 2.45) is 5.92 Å². The maximum absolute atomic E-state index is 13.1. The third-order valence-electron chi connectivity index (χ3n) is 19.9. The summed E-state index contributed by atoms with van der Waals surface area (Å²) in [6, 6.07) is 0. The molecule has 0 aromatic carbocycles. The first kappa shape index (κ1) is 100. The predicted molar refractivity (Wildman–Crippen MR) is 418 cm³/mol. The lowest BCUT2D eigenvalue weighted by Crippen LogP contribution is -2.30. The lowest BCUT2D eigenvalue weighted by atomic mass is 9.99. The molecule has 0 saturated heterocycles. The van der Waals surface area contributed by atoms with Crippen molar-refractivity contribution in [3.05, 3.63) is 0 Å². The average Bonchev–Trinajstić information content (AvgIpc) is 1.18. The van der Waals surface area contributed by atoms with E-state index < -0.39 is 97.5 Å². The molecule has 0 saturated carbocycles. The van der Waals surface area contributed by atoms with Crippen molar-refractivity contribution < 1.29 is 80.2 Å². The Morgan fingerprint density at radius 3 is 0.696 bits per heavy atom. The first-order valence-corrected chi connectivity index (χ1v) is 46.2. The molecule has 102 heavy (non-hydrogen) atoms. The molecule has 0 amide bonds. The van der Waals surface area contributed by atoms with Gasteiger partial charge in [-0.05, 0) is 31.6 Å². The second-order valence-corrected chi connectivity index (χ2v) is 33.0. The Kier molecular flexibility index (Phi) is 74.4. The van der Waals surface area contributed by atoms with Gasteiger partial charge in [-0.25, -0.2) is 9.13 Å². The monoisotopic (exact) mass is 1490 g/mol. The highest BCUT2D eigenvalue weighted by atomic mass is 31.2. The second kappa shape index (κ2) is 75.9. The molecule has 0 fully saturated rings. The third kappa shape index (κ3) is 74.9. The van der Waals surface area contributed by atoms with Gasteiger partial charge in [0.1, 0.15) is 19.3 Å². The van der Waals surface area contributed by atoms with Gasteiger partial charge in [-0.15, -0.1) is 0 Å². The molecule has 0 heterocycles. The maximum Gasteiger partial charge on any atom is 0.472 e. The van der Waals surface area contributed by atoms with E-state index >= 15 is 0 Å². The Labute approximate surface area is 626 Å². The van der Waals surface area contributed by atoms with E-state index in [1.165, 1.54) is 270 Å². The van der Waals surface area contributed by atoms with Crippen LogP contribution in [0.15, 0.2) is 0 Å². The number of rotatable bonds is 83. The Balaban J connectivity index is 5.20. The fourth-order valence-corrected chi connectivity index (χ4v) is 14.5. The molecular weight excluding hydrogens is 1330 g/mol. The van der Waals surface area contributed by atoms with Crippen molar-refractivity contribution in [2.75, 3.05) is 39.6 Å². The molecule has 0 aliphatic heterocycles. The second-order valence-electron chi connectivity index (χ2n) is 30.1. The Bertz CT molecular complexity index is 1950. The van der Waals surface area contributed by atoms with Crippen LogP contribution in [0.3, 0.4) is 0 Å². The van der Waals surface area contributed by atoms with Crippen LogP contribution in [-0.2, 0) is 65.4 Å². The molecular formula is C83H162O17P2. The lowest BCUT2D eigenvalue weighted by molar-refractivity contribution is -0.161. The van der Waals surface area contributed by atoms with Crippen LogP contribution in [-0.4, -0.2) is 96.7 Å². The smallest absolute Gasteiger partial charge is 0.462 e. The van der Waals surface area contributed by atoms with E-state index in [0.717, 1.165) is 95.8 Å². The van der Waals surface area contributed by atoms with Gasteiger partial charge in [0.2, 0.25) is 0 Å². The minimum Gasteiger partial charge on any atom is -0.462 e. The van der Waals surface area contributed by atoms with Crippen molar-refractivity contribution in [1.82, 2.24) is 0 Å². The fraction of sp³-hybridized carbons (Fsp3) is 0.952. The molecule has 3 N–H and O–H groups in total. The van der Waals surface area contributed by atoms with Crippen molar-refractivity contribution in [3.63, 3.8) is 0 Å². The number of esters is 4. The molecule has 606 valence electrons.